The fourth-order valence-corrected chi connectivity index (χ4v) is 2.39. The summed E-state index contributed by atoms with van der Waals surface area (Å²) in [6.07, 6.45) is 7.80. The number of carbonyl (C=O) groups is 1. The molecule has 0 unspecified atom stereocenters. The van der Waals surface area contributed by atoms with Gasteiger partial charge in [-0.15, -0.1) is 0 Å². The summed E-state index contributed by atoms with van der Waals surface area (Å²) in [6, 6.07) is 0. The van der Waals surface area contributed by atoms with Crippen molar-refractivity contribution in [2.24, 2.45) is 11.8 Å². The zero-order valence-electron chi connectivity index (χ0n) is 11.2. The molecule has 0 aliphatic heterocycles. The van der Waals surface area contributed by atoms with Crippen molar-refractivity contribution >= 4 is 5.78 Å². The van der Waals surface area contributed by atoms with Gasteiger partial charge in [-0.3, -0.25) is 4.79 Å². The summed E-state index contributed by atoms with van der Waals surface area (Å²) in [5.41, 5.74) is 2.23. The van der Waals surface area contributed by atoms with Crippen LogP contribution in [0.15, 0.2) is 23.3 Å². The number of ketones is 1. The molecule has 0 bridgehead atoms. The Balaban J connectivity index is 2.48. The van der Waals surface area contributed by atoms with E-state index in [4.69, 9.17) is 5.11 Å². The average Bonchev–Trinajstić information content (AvgIpc) is 2.28. The highest BCUT2D eigenvalue weighted by Gasteiger charge is 2.26. The van der Waals surface area contributed by atoms with Crippen LogP contribution in [0, 0.1) is 11.8 Å². The number of aliphatic hydroxyl groups is 1. The molecule has 96 valence electrons. The second-order valence-corrected chi connectivity index (χ2v) is 5.34. The van der Waals surface area contributed by atoms with E-state index < -0.39 is 0 Å². The Bertz CT molecular complexity index is 322. The predicted octanol–water partition coefficient (Wildman–Crippen LogP) is 3.27. The van der Waals surface area contributed by atoms with Gasteiger partial charge in [0.25, 0.3) is 0 Å². The fourth-order valence-electron chi connectivity index (χ4n) is 2.39. The van der Waals surface area contributed by atoms with E-state index in [0.717, 1.165) is 31.3 Å². The normalized spacial score (nSPS) is 22.0. The molecule has 1 aliphatic rings. The van der Waals surface area contributed by atoms with Gasteiger partial charge in [-0.1, -0.05) is 18.6 Å². The number of hydrogen-bond acceptors (Lipinski definition) is 2. The zero-order valence-corrected chi connectivity index (χ0v) is 11.2. The molecule has 0 saturated heterocycles. The molecule has 17 heavy (non-hydrogen) atoms. The third-order valence-corrected chi connectivity index (χ3v) is 3.55. The third-order valence-electron chi connectivity index (χ3n) is 3.55. The highest BCUT2D eigenvalue weighted by atomic mass is 16.3. The monoisotopic (exact) mass is 236 g/mol. The summed E-state index contributed by atoms with van der Waals surface area (Å²) in [6.45, 7) is 6.41. The maximum atomic E-state index is 11.9. The van der Waals surface area contributed by atoms with Crippen LogP contribution >= 0.6 is 0 Å². The van der Waals surface area contributed by atoms with E-state index in [2.05, 4.69) is 26.8 Å². The van der Waals surface area contributed by atoms with Gasteiger partial charge in [0.15, 0.2) is 5.78 Å². The van der Waals surface area contributed by atoms with E-state index >= 15 is 0 Å². The average molecular weight is 236 g/mol. The maximum absolute atomic E-state index is 11.9. The summed E-state index contributed by atoms with van der Waals surface area (Å²) < 4.78 is 0. The molecule has 2 atom stereocenters. The first-order valence-electron chi connectivity index (χ1n) is 6.52. The summed E-state index contributed by atoms with van der Waals surface area (Å²) in [5.74, 6) is 0.815. The van der Waals surface area contributed by atoms with Gasteiger partial charge in [0, 0.05) is 5.92 Å². The summed E-state index contributed by atoms with van der Waals surface area (Å²) in [5, 5.41) is 9.01. The molecule has 0 amide bonds. The lowest BCUT2D eigenvalue weighted by molar-refractivity contribution is -0.120. The molecule has 0 radical (unpaired) electrons. The number of carbonyl (C=O) groups excluding carboxylic acids is 1. The maximum Gasteiger partial charge on any atom is 0.159 e. The first-order valence-corrected chi connectivity index (χ1v) is 6.52. The Morgan fingerprint density at radius 2 is 2.29 bits per heavy atom. The van der Waals surface area contributed by atoms with E-state index in [1.54, 1.807) is 6.08 Å². The van der Waals surface area contributed by atoms with Crippen LogP contribution in [0.25, 0.3) is 0 Å². The molecule has 0 aromatic carbocycles. The molecule has 0 heterocycles. The number of hydrogen-bond donors (Lipinski definition) is 1. The van der Waals surface area contributed by atoms with E-state index in [9.17, 15) is 4.79 Å². The van der Waals surface area contributed by atoms with Gasteiger partial charge in [-0.2, -0.15) is 0 Å². The molecule has 1 aliphatic carbocycles. The van der Waals surface area contributed by atoms with Crippen molar-refractivity contribution in [3.8, 4) is 0 Å². The standard InChI is InChI=1S/C15H24O2/c1-11(2)5-4-6-12(3)14-8-7-13(10-16)9-15(14)17/h5,9,12,14,16H,4,6-8,10H2,1-3H3/t12-,14-/m0/s1. The molecule has 0 spiro atoms. The Hall–Kier alpha value is -0.890. The minimum atomic E-state index is 0.0323. The van der Waals surface area contributed by atoms with Crippen LogP contribution in [0.4, 0.5) is 0 Å². The molecular weight excluding hydrogens is 212 g/mol. The van der Waals surface area contributed by atoms with Crippen LogP contribution in [0.3, 0.4) is 0 Å². The third kappa shape index (κ3) is 4.47. The van der Waals surface area contributed by atoms with Crippen molar-refractivity contribution in [3.63, 3.8) is 0 Å². The molecule has 0 saturated carbocycles. The lowest BCUT2D eigenvalue weighted by Gasteiger charge is -2.25. The van der Waals surface area contributed by atoms with Crippen molar-refractivity contribution in [1.29, 1.82) is 0 Å². The van der Waals surface area contributed by atoms with Crippen molar-refractivity contribution in [3.05, 3.63) is 23.3 Å². The van der Waals surface area contributed by atoms with E-state index in [1.807, 2.05) is 0 Å². The van der Waals surface area contributed by atoms with Crippen LogP contribution in [0.1, 0.15) is 46.5 Å². The summed E-state index contributed by atoms with van der Waals surface area (Å²) in [4.78, 5) is 11.9. The Morgan fingerprint density at radius 3 is 2.82 bits per heavy atom. The molecular formula is C15H24O2. The molecule has 2 heteroatoms. The Labute approximate surface area is 104 Å². The molecule has 2 nitrogen and oxygen atoms in total. The van der Waals surface area contributed by atoms with Gasteiger partial charge < -0.3 is 5.11 Å². The van der Waals surface area contributed by atoms with Gasteiger partial charge in [0.2, 0.25) is 0 Å². The van der Waals surface area contributed by atoms with Crippen LogP contribution in [-0.2, 0) is 4.79 Å². The fraction of sp³-hybridized carbons (Fsp3) is 0.667. The van der Waals surface area contributed by atoms with Gasteiger partial charge in [-0.25, -0.2) is 0 Å². The van der Waals surface area contributed by atoms with Gasteiger partial charge >= 0.3 is 0 Å². The Morgan fingerprint density at radius 1 is 1.59 bits per heavy atom. The number of rotatable bonds is 5. The van der Waals surface area contributed by atoms with E-state index in [0.29, 0.717) is 5.92 Å². The van der Waals surface area contributed by atoms with Gasteiger partial charge in [0.1, 0.15) is 0 Å². The highest BCUT2D eigenvalue weighted by Crippen LogP contribution is 2.29. The highest BCUT2D eigenvalue weighted by molar-refractivity contribution is 5.93. The topological polar surface area (TPSA) is 37.3 Å². The first kappa shape index (κ1) is 14.2. The van der Waals surface area contributed by atoms with E-state index in [-0.39, 0.29) is 18.3 Å². The van der Waals surface area contributed by atoms with Crippen molar-refractivity contribution < 1.29 is 9.90 Å². The number of aliphatic hydroxyl groups excluding tert-OH is 1. The lowest BCUT2D eigenvalue weighted by Crippen LogP contribution is -2.24. The van der Waals surface area contributed by atoms with Gasteiger partial charge in [0.05, 0.1) is 6.61 Å². The Kier molecular flexibility index (Phi) is 5.63. The zero-order chi connectivity index (χ0) is 12.8. The van der Waals surface area contributed by atoms with Crippen molar-refractivity contribution in [2.45, 2.75) is 46.5 Å². The molecule has 1 N–H and O–H groups in total. The minimum Gasteiger partial charge on any atom is -0.392 e. The first-order chi connectivity index (χ1) is 8.04. The van der Waals surface area contributed by atoms with Crippen molar-refractivity contribution in [2.75, 3.05) is 6.61 Å². The minimum absolute atomic E-state index is 0.0323. The van der Waals surface area contributed by atoms with Crippen LogP contribution in [-0.4, -0.2) is 17.5 Å². The number of allylic oxidation sites excluding steroid dienone is 3. The second kappa shape index (κ2) is 6.75. The smallest absolute Gasteiger partial charge is 0.159 e. The molecule has 0 aromatic heterocycles. The van der Waals surface area contributed by atoms with Crippen LogP contribution < -0.4 is 0 Å². The molecule has 1 rings (SSSR count). The van der Waals surface area contributed by atoms with Gasteiger partial charge in [-0.05, 0) is 57.1 Å². The summed E-state index contributed by atoms with van der Waals surface area (Å²) in [7, 11) is 0. The molecule has 0 aromatic rings. The molecule has 0 fully saturated rings. The van der Waals surface area contributed by atoms with E-state index in [1.165, 1.54) is 5.57 Å². The van der Waals surface area contributed by atoms with Crippen LogP contribution in [0.2, 0.25) is 0 Å². The van der Waals surface area contributed by atoms with Crippen molar-refractivity contribution in [1.82, 2.24) is 0 Å². The SMILES string of the molecule is CC(C)=CCC[C@H](C)[C@@H]1CCC(CO)=CC1=O. The quantitative estimate of drug-likeness (QED) is 0.744. The largest absolute Gasteiger partial charge is 0.392 e. The summed E-state index contributed by atoms with van der Waals surface area (Å²) >= 11 is 0. The van der Waals surface area contributed by atoms with Crippen LogP contribution in [0.5, 0.6) is 0 Å². The predicted molar refractivity (Wildman–Crippen MR) is 70.7 cm³/mol. The lowest BCUT2D eigenvalue weighted by atomic mass is 9.79. The second-order valence-electron chi connectivity index (χ2n) is 5.34.